The van der Waals surface area contributed by atoms with Crippen molar-refractivity contribution in [2.45, 2.75) is 25.8 Å². The summed E-state index contributed by atoms with van der Waals surface area (Å²) < 4.78 is 16.1. The topological polar surface area (TPSA) is 56.8 Å². The first-order valence-corrected chi connectivity index (χ1v) is 9.62. The summed E-state index contributed by atoms with van der Waals surface area (Å²) in [6.07, 6.45) is 0.948. The Morgan fingerprint density at radius 1 is 0.897 bits per heavy atom. The Morgan fingerprint density at radius 2 is 1.55 bits per heavy atom. The molecule has 0 bridgehead atoms. The van der Waals surface area contributed by atoms with E-state index in [0.29, 0.717) is 30.1 Å². The molecule has 1 amide bonds. The van der Waals surface area contributed by atoms with Crippen LogP contribution in [0, 0.1) is 0 Å². The van der Waals surface area contributed by atoms with Crippen molar-refractivity contribution >= 4 is 16.7 Å². The van der Waals surface area contributed by atoms with Gasteiger partial charge >= 0.3 is 0 Å². The van der Waals surface area contributed by atoms with Gasteiger partial charge in [0.1, 0.15) is 0 Å². The summed E-state index contributed by atoms with van der Waals surface area (Å²) in [6.45, 7) is 2.00. The molecule has 3 aromatic rings. The number of fused-ring (bicyclic) bond motifs is 1. The van der Waals surface area contributed by atoms with Gasteiger partial charge in [0.2, 0.25) is 11.7 Å². The highest BCUT2D eigenvalue weighted by Gasteiger charge is 2.15. The van der Waals surface area contributed by atoms with Crippen molar-refractivity contribution < 1.29 is 19.0 Å². The molecule has 0 aliphatic rings. The van der Waals surface area contributed by atoms with Gasteiger partial charge in [-0.25, -0.2) is 0 Å². The molecule has 1 N–H and O–H groups in total. The van der Waals surface area contributed by atoms with Crippen molar-refractivity contribution in [2.24, 2.45) is 0 Å². The smallest absolute Gasteiger partial charge is 0.220 e. The third-order valence-electron chi connectivity index (χ3n) is 5.02. The Labute approximate surface area is 171 Å². The molecule has 0 aliphatic heterocycles. The predicted octanol–water partition coefficient (Wildman–Crippen LogP) is 4.68. The lowest BCUT2D eigenvalue weighted by atomic mass is 10.0. The molecule has 3 rings (SSSR count). The van der Waals surface area contributed by atoms with Crippen LogP contribution < -0.4 is 19.5 Å². The van der Waals surface area contributed by atoms with E-state index in [4.69, 9.17) is 14.2 Å². The number of ether oxygens (including phenoxy) is 3. The molecule has 1 atom stereocenters. The lowest BCUT2D eigenvalue weighted by Gasteiger charge is -2.16. The van der Waals surface area contributed by atoms with Gasteiger partial charge in [-0.2, -0.15) is 0 Å². The first-order chi connectivity index (χ1) is 14.0. The molecule has 0 saturated carbocycles. The molecular formula is C24H27NO4. The van der Waals surface area contributed by atoms with E-state index >= 15 is 0 Å². The van der Waals surface area contributed by atoms with E-state index in [1.807, 2.05) is 31.2 Å². The molecule has 0 aliphatic carbocycles. The summed E-state index contributed by atoms with van der Waals surface area (Å²) in [7, 11) is 4.74. The molecule has 0 aromatic heterocycles. The molecule has 5 heteroatoms. The summed E-state index contributed by atoms with van der Waals surface area (Å²) >= 11 is 0. The maximum absolute atomic E-state index is 12.5. The number of methoxy groups -OCH3 is 3. The van der Waals surface area contributed by atoms with Crippen LogP contribution in [0.25, 0.3) is 10.8 Å². The van der Waals surface area contributed by atoms with Gasteiger partial charge in [-0.1, -0.05) is 36.4 Å². The quantitative estimate of drug-likeness (QED) is 0.604. The minimum absolute atomic E-state index is 0.000546. The number of nitrogens with one attached hydrogen (secondary N) is 1. The number of aryl methyl sites for hydroxylation is 1. The summed E-state index contributed by atoms with van der Waals surface area (Å²) in [5.74, 6) is 1.73. The van der Waals surface area contributed by atoms with Gasteiger partial charge in [-0.15, -0.1) is 0 Å². The number of hydrogen-bond acceptors (Lipinski definition) is 4. The van der Waals surface area contributed by atoms with Crippen LogP contribution in [0.1, 0.15) is 30.5 Å². The highest BCUT2D eigenvalue weighted by molar-refractivity contribution is 5.83. The SMILES string of the molecule is COc1cc(CCC(=O)NC(C)c2ccc3ccccc3c2)cc(OC)c1OC. The maximum atomic E-state index is 12.5. The van der Waals surface area contributed by atoms with E-state index in [2.05, 4.69) is 35.6 Å². The molecule has 29 heavy (non-hydrogen) atoms. The Morgan fingerprint density at radius 3 is 2.17 bits per heavy atom. The van der Waals surface area contributed by atoms with Crippen LogP contribution >= 0.6 is 0 Å². The van der Waals surface area contributed by atoms with Crippen molar-refractivity contribution in [3.05, 3.63) is 65.7 Å². The molecule has 0 fully saturated rings. The second-order valence-corrected chi connectivity index (χ2v) is 6.93. The number of hydrogen-bond donors (Lipinski definition) is 1. The van der Waals surface area contributed by atoms with Gasteiger partial charge in [0.15, 0.2) is 11.5 Å². The zero-order valence-electron chi connectivity index (χ0n) is 17.3. The average Bonchev–Trinajstić information content (AvgIpc) is 2.76. The molecule has 0 saturated heterocycles. The number of benzene rings is 3. The van der Waals surface area contributed by atoms with Crippen LogP contribution in [-0.2, 0) is 11.2 Å². The van der Waals surface area contributed by atoms with Crippen LogP contribution in [0.4, 0.5) is 0 Å². The van der Waals surface area contributed by atoms with Crippen LogP contribution in [0.2, 0.25) is 0 Å². The molecule has 5 nitrogen and oxygen atoms in total. The van der Waals surface area contributed by atoms with Crippen molar-refractivity contribution in [1.29, 1.82) is 0 Å². The van der Waals surface area contributed by atoms with Crippen LogP contribution in [0.5, 0.6) is 17.2 Å². The van der Waals surface area contributed by atoms with Crippen LogP contribution in [0.15, 0.2) is 54.6 Å². The van der Waals surface area contributed by atoms with Gasteiger partial charge in [0, 0.05) is 6.42 Å². The second kappa shape index (κ2) is 9.32. The van der Waals surface area contributed by atoms with E-state index < -0.39 is 0 Å². The van der Waals surface area contributed by atoms with Gasteiger partial charge in [-0.05, 0) is 53.4 Å². The molecule has 0 heterocycles. The van der Waals surface area contributed by atoms with Crippen molar-refractivity contribution in [2.75, 3.05) is 21.3 Å². The highest BCUT2D eigenvalue weighted by atomic mass is 16.5. The summed E-state index contributed by atoms with van der Waals surface area (Å²) in [5, 5.41) is 5.45. The Balaban J connectivity index is 1.64. The predicted molar refractivity (Wildman–Crippen MR) is 115 cm³/mol. The Kier molecular flexibility index (Phi) is 6.60. The van der Waals surface area contributed by atoms with Crippen molar-refractivity contribution in [3.63, 3.8) is 0 Å². The second-order valence-electron chi connectivity index (χ2n) is 6.93. The largest absolute Gasteiger partial charge is 0.493 e. The third kappa shape index (κ3) is 4.80. The molecule has 0 spiro atoms. The lowest BCUT2D eigenvalue weighted by Crippen LogP contribution is -2.26. The Hall–Kier alpha value is -3.21. The average molecular weight is 393 g/mol. The summed E-state index contributed by atoms with van der Waals surface area (Å²) in [5.41, 5.74) is 2.04. The highest BCUT2D eigenvalue weighted by Crippen LogP contribution is 2.38. The minimum atomic E-state index is -0.0629. The fraction of sp³-hybridized carbons (Fsp3) is 0.292. The number of carbonyl (C=O) groups is 1. The third-order valence-corrected chi connectivity index (χ3v) is 5.02. The monoisotopic (exact) mass is 393 g/mol. The molecule has 1 unspecified atom stereocenters. The molecule has 3 aromatic carbocycles. The molecule has 0 radical (unpaired) electrons. The minimum Gasteiger partial charge on any atom is -0.493 e. The van der Waals surface area contributed by atoms with Crippen LogP contribution in [-0.4, -0.2) is 27.2 Å². The lowest BCUT2D eigenvalue weighted by molar-refractivity contribution is -0.121. The van der Waals surface area contributed by atoms with Crippen molar-refractivity contribution in [1.82, 2.24) is 5.32 Å². The van der Waals surface area contributed by atoms with E-state index in [1.54, 1.807) is 21.3 Å². The van der Waals surface area contributed by atoms with Crippen LogP contribution in [0.3, 0.4) is 0 Å². The van der Waals surface area contributed by atoms with Gasteiger partial charge in [0.25, 0.3) is 0 Å². The fourth-order valence-electron chi connectivity index (χ4n) is 3.41. The molecular weight excluding hydrogens is 366 g/mol. The Bertz CT molecular complexity index is 974. The first kappa shape index (κ1) is 20.5. The zero-order chi connectivity index (χ0) is 20.8. The summed E-state index contributed by atoms with van der Waals surface area (Å²) in [4.78, 5) is 12.5. The van der Waals surface area contributed by atoms with Gasteiger partial charge in [0.05, 0.1) is 27.4 Å². The van der Waals surface area contributed by atoms with E-state index in [-0.39, 0.29) is 11.9 Å². The van der Waals surface area contributed by atoms with E-state index in [0.717, 1.165) is 11.1 Å². The number of carbonyl (C=O) groups excluding carboxylic acids is 1. The van der Waals surface area contributed by atoms with Gasteiger partial charge in [-0.3, -0.25) is 4.79 Å². The van der Waals surface area contributed by atoms with E-state index in [9.17, 15) is 4.79 Å². The first-order valence-electron chi connectivity index (χ1n) is 9.62. The number of rotatable bonds is 8. The van der Waals surface area contributed by atoms with Crippen molar-refractivity contribution in [3.8, 4) is 17.2 Å². The fourth-order valence-corrected chi connectivity index (χ4v) is 3.41. The normalized spacial score (nSPS) is 11.7. The van der Waals surface area contributed by atoms with E-state index in [1.165, 1.54) is 10.8 Å². The zero-order valence-corrected chi connectivity index (χ0v) is 17.3. The summed E-state index contributed by atoms with van der Waals surface area (Å²) in [6, 6.07) is 18.2. The standard InChI is InChI=1S/C24H27NO4/c1-16(19-11-10-18-7-5-6-8-20(18)15-19)25-23(26)12-9-17-13-21(27-2)24(29-4)22(14-17)28-3/h5-8,10-11,13-16H,9,12H2,1-4H3,(H,25,26). The number of amides is 1. The van der Waals surface area contributed by atoms with Gasteiger partial charge < -0.3 is 19.5 Å². The maximum Gasteiger partial charge on any atom is 0.220 e. The molecule has 152 valence electrons.